The summed E-state index contributed by atoms with van der Waals surface area (Å²) in [6.45, 7) is 1.81. The van der Waals surface area contributed by atoms with Gasteiger partial charge in [0.25, 0.3) is 0 Å². The summed E-state index contributed by atoms with van der Waals surface area (Å²) in [7, 11) is 0. The summed E-state index contributed by atoms with van der Waals surface area (Å²) in [4.78, 5) is 0. The molecule has 0 spiro atoms. The van der Waals surface area contributed by atoms with Crippen molar-refractivity contribution in [2.24, 2.45) is 5.92 Å². The van der Waals surface area contributed by atoms with Gasteiger partial charge in [0.1, 0.15) is 0 Å². The smallest absolute Gasteiger partial charge is 0.0580 e. The van der Waals surface area contributed by atoms with Crippen LogP contribution in [0.25, 0.3) is 10.8 Å². The second-order valence-corrected chi connectivity index (χ2v) is 5.92. The largest absolute Gasteiger partial charge is 0.393 e. The van der Waals surface area contributed by atoms with Gasteiger partial charge in [0.05, 0.1) is 6.10 Å². The van der Waals surface area contributed by atoms with Crippen molar-refractivity contribution in [1.29, 1.82) is 0 Å². The van der Waals surface area contributed by atoms with Crippen molar-refractivity contribution in [2.45, 2.75) is 38.3 Å². The lowest BCUT2D eigenvalue weighted by atomic mass is 9.86. The van der Waals surface area contributed by atoms with Crippen LogP contribution < -0.4 is 5.32 Å². The molecule has 2 aromatic rings. The summed E-state index contributed by atoms with van der Waals surface area (Å²) in [5, 5.41) is 16.1. The average Bonchev–Trinajstić information content (AvgIpc) is 2.49. The Hall–Kier alpha value is -1.38. The highest BCUT2D eigenvalue weighted by Gasteiger charge is 2.22. The van der Waals surface area contributed by atoms with E-state index in [4.69, 9.17) is 0 Å². The van der Waals surface area contributed by atoms with Gasteiger partial charge in [-0.15, -0.1) is 0 Å². The fourth-order valence-corrected chi connectivity index (χ4v) is 3.18. The summed E-state index contributed by atoms with van der Waals surface area (Å²) >= 11 is 0. The Balaban J connectivity index is 1.56. The van der Waals surface area contributed by atoms with Gasteiger partial charge in [0.2, 0.25) is 0 Å². The van der Waals surface area contributed by atoms with Crippen LogP contribution in [0.1, 0.15) is 31.2 Å². The van der Waals surface area contributed by atoms with Crippen molar-refractivity contribution in [1.82, 2.24) is 5.32 Å². The minimum absolute atomic E-state index is 0.104. The molecule has 2 N–H and O–H groups in total. The molecule has 1 fully saturated rings. The van der Waals surface area contributed by atoms with E-state index in [-0.39, 0.29) is 6.10 Å². The van der Waals surface area contributed by atoms with Crippen molar-refractivity contribution >= 4 is 10.8 Å². The van der Waals surface area contributed by atoms with Gasteiger partial charge < -0.3 is 10.4 Å². The van der Waals surface area contributed by atoms with Crippen LogP contribution in [0.4, 0.5) is 0 Å². The van der Waals surface area contributed by atoms with Crippen LogP contribution in [0.5, 0.6) is 0 Å². The van der Waals surface area contributed by atoms with E-state index in [1.165, 1.54) is 29.2 Å². The van der Waals surface area contributed by atoms with Crippen molar-refractivity contribution in [2.75, 3.05) is 6.54 Å². The molecule has 3 rings (SSSR count). The minimum Gasteiger partial charge on any atom is -0.393 e. The second-order valence-electron chi connectivity index (χ2n) is 5.92. The maximum absolute atomic E-state index is 9.97. The maximum atomic E-state index is 9.97. The van der Waals surface area contributed by atoms with Crippen LogP contribution in [-0.2, 0) is 6.54 Å². The SMILES string of the molecule is OC1CCCCC1CNCc1ccc2ccccc2c1. The van der Waals surface area contributed by atoms with E-state index >= 15 is 0 Å². The van der Waals surface area contributed by atoms with Crippen LogP contribution >= 0.6 is 0 Å². The number of aliphatic hydroxyl groups is 1. The lowest BCUT2D eigenvalue weighted by Gasteiger charge is -2.27. The summed E-state index contributed by atoms with van der Waals surface area (Å²) < 4.78 is 0. The highest BCUT2D eigenvalue weighted by molar-refractivity contribution is 5.82. The number of benzene rings is 2. The monoisotopic (exact) mass is 269 g/mol. The van der Waals surface area contributed by atoms with E-state index in [2.05, 4.69) is 47.8 Å². The second kappa shape index (κ2) is 6.38. The van der Waals surface area contributed by atoms with Crippen molar-refractivity contribution in [3.8, 4) is 0 Å². The van der Waals surface area contributed by atoms with E-state index in [0.717, 1.165) is 25.9 Å². The minimum atomic E-state index is -0.104. The Kier molecular flexibility index (Phi) is 4.34. The highest BCUT2D eigenvalue weighted by Crippen LogP contribution is 2.23. The first kappa shape index (κ1) is 13.6. The molecule has 2 heteroatoms. The van der Waals surface area contributed by atoms with Gasteiger partial charge in [-0.25, -0.2) is 0 Å². The molecule has 2 aromatic carbocycles. The molecule has 106 valence electrons. The molecular weight excluding hydrogens is 246 g/mol. The van der Waals surface area contributed by atoms with Gasteiger partial charge in [0.15, 0.2) is 0 Å². The normalized spacial score (nSPS) is 23.1. The van der Waals surface area contributed by atoms with E-state index < -0.39 is 0 Å². The van der Waals surface area contributed by atoms with Gasteiger partial charge in [-0.05, 0) is 41.2 Å². The summed E-state index contributed by atoms with van der Waals surface area (Å²) in [6, 6.07) is 15.1. The number of nitrogens with one attached hydrogen (secondary N) is 1. The third-order valence-electron chi connectivity index (χ3n) is 4.42. The van der Waals surface area contributed by atoms with Crippen molar-refractivity contribution in [3.05, 3.63) is 48.0 Å². The molecule has 20 heavy (non-hydrogen) atoms. The Morgan fingerprint density at radius 2 is 1.80 bits per heavy atom. The first-order valence-electron chi connectivity index (χ1n) is 7.69. The fourth-order valence-electron chi connectivity index (χ4n) is 3.18. The average molecular weight is 269 g/mol. The zero-order valence-corrected chi connectivity index (χ0v) is 11.9. The predicted octanol–water partition coefficient (Wildman–Crippen LogP) is 3.48. The fraction of sp³-hybridized carbons (Fsp3) is 0.444. The maximum Gasteiger partial charge on any atom is 0.0580 e. The lowest BCUT2D eigenvalue weighted by Crippen LogP contribution is -2.33. The van der Waals surface area contributed by atoms with Gasteiger partial charge in [-0.1, -0.05) is 49.2 Å². The Morgan fingerprint density at radius 3 is 2.65 bits per heavy atom. The van der Waals surface area contributed by atoms with Crippen LogP contribution in [0, 0.1) is 5.92 Å². The van der Waals surface area contributed by atoms with Crippen LogP contribution in [-0.4, -0.2) is 17.8 Å². The van der Waals surface area contributed by atoms with Crippen LogP contribution in [0.2, 0.25) is 0 Å². The zero-order valence-electron chi connectivity index (χ0n) is 11.9. The third kappa shape index (κ3) is 3.20. The third-order valence-corrected chi connectivity index (χ3v) is 4.42. The highest BCUT2D eigenvalue weighted by atomic mass is 16.3. The Labute approximate surface area is 120 Å². The molecule has 0 saturated heterocycles. The topological polar surface area (TPSA) is 32.3 Å². The van der Waals surface area contributed by atoms with Crippen molar-refractivity contribution < 1.29 is 5.11 Å². The van der Waals surface area contributed by atoms with E-state index in [1.54, 1.807) is 0 Å². The molecule has 0 bridgehead atoms. The van der Waals surface area contributed by atoms with Gasteiger partial charge in [-0.3, -0.25) is 0 Å². The molecule has 0 aliphatic heterocycles. The Bertz CT molecular complexity index is 566. The Morgan fingerprint density at radius 1 is 1.00 bits per heavy atom. The number of aliphatic hydroxyl groups excluding tert-OH is 1. The summed E-state index contributed by atoms with van der Waals surface area (Å²) in [5.74, 6) is 0.434. The van der Waals surface area contributed by atoms with E-state index in [1.807, 2.05) is 0 Å². The molecule has 0 radical (unpaired) electrons. The molecule has 1 aliphatic rings. The number of hydrogen-bond donors (Lipinski definition) is 2. The molecule has 1 aliphatic carbocycles. The van der Waals surface area contributed by atoms with Crippen LogP contribution in [0.15, 0.2) is 42.5 Å². The quantitative estimate of drug-likeness (QED) is 0.890. The number of hydrogen-bond acceptors (Lipinski definition) is 2. The molecular formula is C18H23NO. The first-order chi connectivity index (χ1) is 9.83. The van der Waals surface area contributed by atoms with Gasteiger partial charge in [-0.2, -0.15) is 0 Å². The molecule has 2 unspecified atom stereocenters. The zero-order chi connectivity index (χ0) is 13.8. The summed E-state index contributed by atoms with van der Waals surface area (Å²) in [6.07, 6.45) is 4.48. The van der Waals surface area contributed by atoms with Gasteiger partial charge in [0, 0.05) is 13.1 Å². The lowest BCUT2D eigenvalue weighted by molar-refractivity contribution is 0.0695. The molecule has 1 saturated carbocycles. The van der Waals surface area contributed by atoms with E-state index in [9.17, 15) is 5.11 Å². The molecule has 2 nitrogen and oxygen atoms in total. The van der Waals surface area contributed by atoms with Crippen LogP contribution in [0.3, 0.4) is 0 Å². The summed E-state index contributed by atoms with van der Waals surface area (Å²) in [5.41, 5.74) is 1.31. The first-order valence-corrected chi connectivity index (χ1v) is 7.69. The number of fused-ring (bicyclic) bond motifs is 1. The molecule has 0 amide bonds. The standard InChI is InChI=1S/C18H23NO/c20-18-8-4-3-7-17(18)13-19-12-14-9-10-15-5-1-2-6-16(15)11-14/h1-2,5-6,9-11,17-20H,3-4,7-8,12-13H2. The molecule has 0 heterocycles. The molecule has 2 atom stereocenters. The molecule has 0 aromatic heterocycles. The number of rotatable bonds is 4. The van der Waals surface area contributed by atoms with E-state index in [0.29, 0.717) is 5.92 Å². The predicted molar refractivity (Wildman–Crippen MR) is 83.6 cm³/mol. The van der Waals surface area contributed by atoms with Crippen molar-refractivity contribution in [3.63, 3.8) is 0 Å². The van der Waals surface area contributed by atoms with Gasteiger partial charge >= 0.3 is 0 Å².